The third kappa shape index (κ3) is 4.30. The fraction of sp³-hybridized carbons (Fsp3) is 0.133. The molecule has 0 heterocycles. The summed E-state index contributed by atoms with van der Waals surface area (Å²) >= 11 is 5.70. The van der Waals surface area contributed by atoms with Crippen LogP contribution in [0.15, 0.2) is 54.6 Å². The molecule has 0 spiro atoms. The first-order valence-electron chi connectivity index (χ1n) is 5.90. The highest BCUT2D eigenvalue weighted by Crippen LogP contribution is 2.12. The van der Waals surface area contributed by atoms with Gasteiger partial charge in [-0.05, 0) is 29.8 Å². The maximum atomic E-state index is 11.7. The van der Waals surface area contributed by atoms with E-state index in [4.69, 9.17) is 16.3 Å². The summed E-state index contributed by atoms with van der Waals surface area (Å²) in [6.07, 6.45) is 0. The van der Waals surface area contributed by atoms with E-state index in [0.717, 1.165) is 11.3 Å². The molecular formula is C15H14ClNO2. The van der Waals surface area contributed by atoms with Crippen LogP contribution in [0.1, 0.15) is 5.56 Å². The molecular weight excluding hydrogens is 262 g/mol. The van der Waals surface area contributed by atoms with Crippen LogP contribution in [0.3, 0.4) is 0 Å². The van der Waals surface area contributed by atoms with Crippen LogP contribution in [-0.4, -0.2) is 12.5 Å². The van der Waals surface area contributed by atoms with E-state index < -0.39 is 0 Å². The first kappa shape index (κ1) is 13.4. The summed E-state index contributed by atoms with van der Waals surface area (Å²) in [5.41, 5.74) is 1.75. The summed E-state index contributed by atoms with van der Waals surface area (Å²) in [5, 5.41) is 2.76. The zero-order valence-corrected chi connectivity index (χ0v) is 11.1. The highest BCUT2D eigenvalue weighted by Gasteiger charge is 2.03. The van der Waals surface area contributed by atoms with Gasteiger partial charge in [0.15, 0.2) is 6.61 Å². The van der Waals surface area contributed by atoms with Crippen molar-refractivity contribution >= 4 is 23.2 Å². The molecule has 0 aliphatic heterocycles. The van der Waals surface area contributed by atoms with E-state index in [0.29, 0.717) is 11.6 Å². The van der Waals surface area contributed by atoms with E-state index in [2.05, 4.69) is 5.32 Å². The van der Waals surface area contributed by atoms with E-state index in [9.17, 15) is 4.79 Å². The number of halogens is 1. The van der Waals surface area contributed by atoms with Crippen molar-refractivity contribution in [3.05, 3.63) is 60.2 Å². The van der Waals surface area contributed by atoms with Crippen LogP contribution >= 0.6 is 11.6 Å². The third-order valence-corrected chi connectivity index (χ3v) is 2.81. The van der Waals surface area contributed by atoms with Gasteiger partial charge in [-0.1, -0.05) is 30.3 Å². The molecule has 0 unspecified atom stereocenters. The van der Waals surface area contributed by atoms with Gasteiger partial charge < -0.3 is 10.1 Å². The molecule has 0 saturated carbocycles. The lowest BCUT2D eigenvalue weighted by molar-refractivity contribution is -0.118. The summed E-state index contributed by atoms with van der Waals surface area (Å²) in [5.74, 6) is 0.948. The number of ether oxygens (including phenoxy) is 1. The predicted molar refractivity (Wildman–Crippen MR) is 76.6 cm³/mol. The Labute approximate surface area is 117 Å². The van der Waals surface area contributed by atoms with Gasteiger partial charge in [0.05, 0.1) is 0 Å². The molecule has 2 rings (SSSR count). The van der Waals surface area contributed by atoms with Crippen molar-refractivity contribution in [2.24, 2.45) is 0 Å². The van der Waals surface area contributed by atoms with Crippen molar-refractivity contribution in [3.8, 4) is 5.75 Å². The number of carbonyl (C=O) groups is 1. The summed E-state index contributed by atoms with van der Waals surface area (Å²) in [6, 6.07) is 16.6. The van der Waals surface area contributed by atoms with Crippen molar-refractivity contribution in [3.63, 3.8) is 0 Å². The Morgan fingerprint density at radius 1 is 1.05 bits per heavy atom. The maximum Gasteiger partial charge on any atom is 0.262 e. The van der Waals surface area contributed by atoms with Gasteiger partial charge >= 0.3 is 0 Å². The molecule has 0 aromatic heterocycles. The van der Waals surface area contributed by atoms with Crippen LogP contribution < -0.4 is 10.1 Å². The summed E-state index contributed by atoms with van der Waals surface area (Å²) in [4.78, 5) is 11.7. The number of anilines is 1. The Kier molecular flexibility index (Phi) is 4.81. The first-order valence-corrected chi connectivity index (χ1v) is 6.44. The number of hydrogen-bond donors (Lipinski definition) is 1. The van der Waals surface area contributed by atoms with Crippen LogP contribution in [0.4, 0.5) is 5.69 Å². The number of para-hydroxylation sites is 1. The molecule has 0 fully saturated rings. The number of carbonyl (C=O) groups excluding carboxylic acids is 1. The van der Waals surface area contributed by atoms with Crippen LogP contribution in [0.5, 0.6) is 5.75 Å². The first-order chi connectivity index (χ1) is 9.28. The second-order valence-electron chi connectivity index (χ2n) is 3.98. The van der Waals surface area contributed by atoms with Crippen molar-refractivity contribution in [2.75, 3.05) is 11.9 Å². The SMILES string of the molecule is O=C(COc1ccccc1)Nc1ccc(CCl)cc1. The standard InChI is InChI=1S/C15H14ClNO2/c16-10-12-6-8-13(9-7-12)17-15(18)11-19-14-4-2-1-3-5-14/h1-9H,10-11H2,(H,17,18). The van der Waals surface area contributed by atoms with Gasteiger partial charge in [0.2, 0.25) is 0 Å². The third-order valence-electron chi connectivity index (χ3n) is 2.51. The molecule has 3 nitrogen and oxygen atoms in total. The summed E-state index contributed by atoms with van der Waals surface area (Å²) in [7, 11) is 0. The van der Waals surface area contributed by atoms with Gasteiger partial charge in [0.1, 0.15) is 5.75 Å². The zero-order chi connectivity index (χ0) is 13.5. The number of alkyl halides is 1. The molecule has 0 saturated heterocycles. The zero-order valence-electron chi connectivity index (χ0n) is 10.3. The normalized spacial score (nSPS) is 9.95. The topological polar surface area (TPSA) is 38.3 Å². The summed E-state index contributed by atoms with van der Waals surface area (Å²) in [6.45, 7) is -0.0126. The highest BCUT2D eigenvalue weighted by molar-refractivity contribution is 6.17. The largest absolute Gasteiger partial charge is 0.484 e. The highest BCUT2D eigenvalue weighted by atomic mass is 35.5. The van der Waals surface area contributed by atoms with Crippen molar-refractivity contribution < 1.29 is 9.53 Å². The minimum atomic E-state index is -0.192. The quantitative estimate of drug-likeness (QED) is 0.849. The maximum absolute atomic E-state index is 11.7. The number of benzene rings is 2. The number of amides is 1. The van der Waals surface area contributed by atoms with E-state index in [-0.39, 0.29) is 12.5 Å². The molecule has 4 heteroatoms. The molecule has 0 radical (unpaired) electrons. The molecule has 1 amide bonds. The van der Waals surface area contributed by atoms with E-state index in [1.165, 1.54) is 0 Å². The molecule has 0 aliphatic rings. The molecule has 2 aromatic rings. The lowest BCUT2D eigenvalue weighted by Crippen LogP contribution is -2.20. The molecule has 1 N–H and O–H groups in total. The van der Waals surface area contributed by atoms with Crippen LogP contribution in [-0.2, 0) is 10.7 Å². The fourth-order valence-electron chi connectivity index (χ4n) is 1.54. The smallest absolute Gasteiger partial charge is 0.262 e. The van der Waals surface area contributed by atoms with Crippen LogP contribution in [0, 0.1) is 0 Å². The minimum absolute atomic E-state index is 0.0126. The monoisotopic (exact) mass is 275 g/mol. The van der Waals surface area contributed by atoms with E-state index in [1.807, 2.05) is 54.6 Å². The van der Waals surface area contributed by atoms with Gasteiger partial charge in [0, 0.05) is 11.6 Å². The average molecular weight is 276 g/mol. The number of rotatable bonds is 5. The van der Waals surface area contributed by atoms with Crippen molar-refractivity contribution in [1.82, 2.24) is 0 Å². The van der Waals surface area contributed by atoms with Gasteiger partial charge in [-0.15, -0.1) is 11.6 Å². The molecule has 2 aromatic carbocycles. The molecule has 0 atom stereocenters. The molecule has 0 aliphatic carbocycles. The van der Waals surface area contributed by atoms with Crippen molar-refractivity contribution in [1.29, 1.82) is 0 Å². The second-order valence-corrected chi connectivity index (χ2v) is 4.25. The Morgan fingerprint density at radius 2 is 1.74 bits per heavy atom. The number of hydrogen-bond acceptors (Lipinski definition) is 2. The second kappa shape index (κ2) is 6.81. The molecule has 98 valence electrons. The molecule has 19 heavy (non-hydrogen) atoms. The summed E-state index contributed by atoms with van der Waals surface area (Å²) < 4.78 is 5.35. The Morgan fingerprint density at radius 3 is 2.37 bits per heavy atom. The lowest BCUT2D eigenvalue weighted by atomic mass is 10.2. The average Bonchev–Trinajstić information content (AvgIpc) is 2.47. The Hall–Kier alpha value is -2.00. The number of nitrogens with one attached hydrogen (secondary N) is 1. The van der Waals surface area contributed by atoms with E-state index >= 15 is 0 Å². The molecule has 0 bridgehead atoms. The van der Waals surface area contributed by atoms with Gasteiger partial charge in [-0.25, -0.2) is 0 Å². The Bertz CT molecular complexity index is 526. The van der Waals surface area contributed by atoms with Crippen LogP contribution in [0.25, 0.3) is 0 Å². The van der Waals surface area contributed by atoms with Gasteiger partial charge in [-0.3, -0.25) is 4.79 Å². The van der Waals surface area contributed by atoms with E-state index in [1.54, 1.807) is 0 Å². The Balaban J connectivity index is 1.83. The fourth-order valence-corrected chi connectivity index (χ4v) is 1.72. The van der Waals surface area contributed by atoms with Gasteiger partial charge in [0.25, 0.3) is 5.91 Å². The lowest BCUT2D eigenvalue weighted by Gasteiger charge is -2.07. The minimum Gasteiger partial charge on any atom is -0.484 e. The van der Waals surface area contributed by atoms with Gasteiger partial charge in [-0.2, -0.15) is 0 Å². The predicted octanol–water partition coefficient (Wildman–Crippen LogP) is 3.44. The van der Waals surface area contributed by atoms with Crippen molar-refractivity contribution in [2.45, 2.75) is 5.88 Å². The van der Waals surface area contributed by atoms with Crippen LogP contribution in [0.2, 0.25) is 0 Å².